The van der Waals surface area contributed by atoms with Crippen molar-refractivity contribution in [2.24, 2.45) is 0 Å². The van der Waals surface area contributed by atoms with Crippen molar-refractivity contribution >= 4 is 51.9 Å². The van der Waals surface area contributed by atoms with Gasteiger partial charge in [-0.2, -0.15) is 0 Å². The summed E-state index contributed by atoms with van der Waals surface area (Å²) in [6.45, 7) is 2.86. The molecule has 2 aromatic rings. The molecule has 0 N–H and O–H groups in total. The quantitative estimate of drug-likeness (QED) is 0.284. The number of likely N-dealkylation sites (N-methyl/N-ethyl adjacent to an activating group) is 1. The lowest BCUT2D eigenvalue weighted by atomic mass is 10.1. The molecule has 0 aliphatic carbocycles. The summed E-state index contributed by atoms with van der Waals surface area (Å²) in [5.41, 5.74) is 0.722. The van der Waals surface area contributed by atoms with E-state index in [2.05, 4.69) is 0 Å². The average Bonchev–Trinajstić information content (AvgIpc) is 2.99. The number of rotatable bonds is 9. The highest BCUT2D eigenvalue weighted by Crippen LogP contribution is 2.39. The Morgan fingerprint density at radius 1 is 1.10 bits per heavy atom. The molecule has 1 aliphatic rings. The average molecular weight is 480 g/mol. The number of para-hydroxylation sites is 2. The van der Waals surface area contributed by atoms with Crippen LogP contribution in [-0.2, 0) is 4.79 Å². The van der Waals surface area contributed by atoms with Crippen LogP contribution in [0, 0.1) is 0 Å². The summed E-state index contributed by atoms with van der Waals surface area (Å²) in [6, 6.07) is 10.9. The predicted octanol–water partition coefficient (Wildman–Crippen LogP) is 5.04. The van der Waals surface area contributed by atoms with Crippen LogP contribution in [0.2, 0.25) is 5.02 Å². The van der Waals surface area contributed by atoms with Crippen LogP contribution in [0.5, 0.6) is 23.0 Å². The number of carbonyl (C=O) groups excluding carboxylic acids is 1. The number of halogens is 1. The van der Waals surface area contributed by atoms with Gasteiger partial charge in [0.1, 0.15) is 17.5 Å². The van der Waals surface area contributed by atoms with Crippen LogP contribution in [0.15, 0.2) is 41.3 Å². The van der Waals surface area contributed by atoms with Crippen molar-refractivity contribution in [2.45, 2.75) is 6.92 Å². The number of ether oxygens (including phenoxy) is 4. The van der Waals surface area contributed by atoms with Gasteiger partial charge in [-0.1, -0.05) is 47.7 Å². The van der Waals surface area contributed by atoms with E-state index >= 15 is 0 Å². The first-order valence-corrected chi connectivity index (χ1v) is 11.1. The molecular weight excluding hydrogens is 458 g/mol. The first kappa shape index (κ1) is 23.2. The lowest BCUT2D eigenvalue weighted by Crippen LogP contribution is -2.22. The van der Waals surface area contributed by atoms with Gasteiger partial charge in [-0.25, -0.2) is 0 Å². The fraction of sp³-hybridized carbons (Fsp3) is 0.273. The van der Waals surface area contributed by atoms with Crippen LogP contribution in [0.4, 0.5) is 0 Å². The zero-order valence-electron chi connectivity index (χ0n) is 17.3. The van der Waals surface area contributed by atoms with Gasteiger partial charge in [0.05, 0.1) is 23.6 Å². The Labute approximate surface area is 196 Å². The van der Waals surface area contributed by atoms with Crippen molar-refractivity contribution in [1.29, 1.82) is 0 Å². The third-order valence-electron chi connectivity index (χ3n) is 4.27. The Morgan fingerprint density at radius 2 is 1.81 bits per heavy atom. The SMILES string of the molecule is CCOc1cc(C=C2SC(=S)N(C)C2=O)cc(Cl)c1OCCOc1ccccc1OC. The Balaban J connectivity index is 1.72. The number of benzene rings is 2. The van der Waals surface area contributed by atoms with Crippen molar-refractivity contribution in [3.63, 3.8) is 0 Å². The molecule has 0 bridgehead atoms. The van der Waals surface area contributed by atoms with E-state index in [1.165, 1.54) is 16.7 Å². The number of hydrogen-bond donors (Lipinski definition) is 0. The van der Waals surface area contributed by atoms with Gasteiger partial charge in [0.25, 0.3) is 5.91 Å². The zero-order valence-corrected chi connectivity index (χ0v) is 19.7. The molecule has 0 spiro atoms. The second-order valence-corrected chi connectivity index (χ2v) is 8.43. The fourth-order valence-electron chi connectivity index (χ4n) is 2.80. The van der Waals surface area contributed by atoms with Crippen LogP contribution < -0.4 is 18.9 Å². The van der Waals surface area contributed by atoms with Gasteiger partial charge in [0, 0.05) is 7.05 Å². The largest absolute Gasteiger partial charge is 0.493 e. The van der Waals surface area contributed by atoms with E-state index in [9.17, 15) is 4.79 Å². The normalized spacial score (nSPS) is 14.8. The van der Waals surface area contributed by atoms with Crippen LogP contribution in [0.25, 0.3) is 6.08 Å². The van der Waals surface area contributed by atoms with Gasteiger partial charge >= 0.3 is 0 Å². The molecule has 0 unspecified atom stereocenters. The van der Waals surface area contributed by atoms with E-state index in [1.807, 2.05) is 31.2 Å². The van der Waals surface area contributed by atoms with Crippen molar-refractivity contribution in [1.82, 2.24) is 4.90 Å². The van der Waals surface area contributed by atoms with E-state index in [-0.39, 0.29) is 12.5 Å². The molecule has 2 aromatic carbocycles. The summed E-state index contributed by atoms with van der Waals surface area (Å²) >= 11 is 12.9. The molecule has 31 heavy (non-hydrogen) atoms. The third kappa shape index (κ3) is 5.64. The summed E-state index contributed by atoms with van der Waals surface area (Å²) in [4.78, 5) is 14.2. The van der Waals surface area contributed by atoms with E-state index < -0.39 is 0 Å². The van der Waals surface area contributed by atoms with Gasteiger partial charge < -0.3 is 18.9 Å². The Kier molecular flexibility index (Phi) is 8.06. The molecule has 0 radical (unpaired) electrons. The van der Waals surface area contributed by atoms with Crippen molar-refractivity contribution in [2.75, 3.05) is 34.0 Å². The molecule has 9 heteroatoms. The van der Waals surface area contributed by atoms with E-state index in [0.29, 0.717) is 50.5 Å². The number of amides is 1. The van der Waals surface area contributed by atoms with E-state index in [0.717, 1.165) is 5.56 Å². The monoisotopic (exact) mass is 479 g/mol. The van der Waals surface area contributed by atoms with Gasteiger partial charge in [-0.3, -0.25) is 9.69 Å². The van der Waals surface area contributed by atoms with Gasteiger partial charge in [0.2, 0.25) is 0 Å². The second kappa shape index (κ2) is 10.7. The highest BCUT2D eigenvalue weighted by Gasteiger charge is 2.28. The first-order chi connectivity index (χ1) is 14.9. The number of thioether (sulfide) groups is 1. The molecule has 3 rings (SSSR count). The zero-order chi connectivity index (χ0) is 22.4. The minimum absolute atomic E-state index is 0.141. The van der Waals surface area contributed by atoms with Crippen LogP contribution in [0.1, 0.15) is 12.5 Å². The Hall–Kier alpha value is -2.42. The Morgan fingerprint density at radius 3 is 2.45 bits per heavy atom. The molecule has 1 heterocycles. The van der Waals surface area contributed by atoms with Crippen molar-refractivity contribution in [3.8, 4) is 23.0 Å². The summed E-state index contributed by atoms with van der Waals surface area (Å²) in [5.74, 6) is 2.06. The Bertz CT molecular complexity index is 1010. The van der Waals surface area contributed by atoms with Crippen molar-refractivity contribution in [3.05, 3.63) is 51.9 Å². The summed E-state index contributed by atoms with van der Waals surface area (Å²) in [5, 5.41) is 0.376. The molecule has 164 valence electrons. The standard InChI is InChI=1S/C22H22ClNO5S2/c1-4-27-18-12-14(13-19-21(25)24(2)22(30)31-19)11-15(23)20(18)29-10-9-28-17-8-6-5-7-16(17)26-3/h5-8,11-13H,4,9-10H2,1-3H3. The highest BCUT2D eigenvalue weighted by molar-refractivity contribution is 8.26. The second-order valence-electron chi connectivity index (χ2n) is 6.35. The first-order valence-electron chi connectivity index (χ1n) is 9.51. The van der Waals surface area contributed by atoms with E-state index in [4.69, 9.17) is 42.8 Å². The predicted molar refractivity (Wildman–Crippen MR) is 128 cm³/mol. The minimum Gasteiger partial charge on any atom is -0.493 e. The van der Waals surface area contributed by atoms with Gasteiger partial charge in [-0.05, 0) is 42.8 Å². The van der Waals surface area contributed by atoms with E-state index in [1.54, 1.807) is 32.4 Å². The fourth-order valence-corrected chi connectivity index (χ4v) is 4.26. The lowest BCUT2D eigenvalue weighted by Gasteiger charge is -2.15. The van der Waals surface area contributed by atoms with Crippen LogP contribution in [0.3, 0.4) is 0 Å². The van der Waals surface area contributed by atoms with Crippen molar-refractivity contribution < 1.29 is 23.7 Å². The van der Waals surface area contributed by atoms with Gasteiger partial charge in [-0.15, -0.1) is 0 Å². The maximum absolute atomic E-state index is 12.3. The topological polar surface area (TPSA) is 57.2 Å². The molecule has 1 saturated heterocycles. The molecule has 1 amide bonds. The summed E-state index contributed by atoms with van der Waals surface area (Å²) in [6.07, 6.45) is 1.74. The molecule has 0 atom stereocenters. The molecule has 0 saturated carbocycles. The lowest BCUT2D eigenvalue weighted by molar-refractivity contribution is -0.121. The summed E-state index contributed by atoms with van der Waals surface area (Å²) < 4.78 is 23.1. The number of hydrogen-bond acceptors (Lipinski definition) is 7. The molecule has 6 nitrogen and oxygen atoms in total. The van der Waals surface area contributed by atoms with Crippen LogP contribution >= 0.6 is 35.6 Å². The molecule has 1 aliphatic heterocycles. The third-order valence-corrected chi connectivity index (χ3v) is 6.04. The maximum Gasteiger partial charge on any atom is 0.265 e. The molecule has 0 aromatic heterocycles. The maximum atomic E-state index is 12.3. The number of nitrogens with zero attached hydrogens (tertiary/aromatic N) is 1. The molecule has 1 fully saturated rings. The van der Waals surface area contributed by atoms with Gasteiger partial charge in [0.15, 0.2) is 23.0 Å². The highest BCUT2D eigenvalue weighted by atomic mass is 35.5. The summed E-state index contributed by atoms with van der Waals surface area (Å²) in [7, 11) is 3.24. The smallest absolute Gasteiger partial charge is 0.265 e. The number of thiocarbonyl (C=S) groups is 1. The molecular formula is C22H22ClNO5S2. The van der Waals surface area contributed by atoms with Crippen LogP contribution in [-0.4, -0.2) is 49.1 Å². The number of methoxy groups -OCH3 is 1. The minimum atomic E-state index is -0.141. The number of carbonyl (C=O) groups is 1.